The highest BCUT2D eigenvalue weighted by Gasteiger charge is 2.21. The summed E-state index contributed by atoms with van der Waals surface area (Å²) < 4.78 is 1.44. The molecule has 0 atom stereocenters. The SMILES string of the molecule is N#CCCn1nc(-c2ccc(Cl)cc2)c2c(c1=O)CCCC2. The van der Waals surface area contributed by atoms with Crippen molar-refractivity contribution < 1.29 is 0 Å². The summed E-state index contributed by atoms with van der Waals surface area (Å²) in [5.74, 6) is 0. The molecule has 4 nitrogen and oxygen atoms in total. The first-order chi connectivity index (χ1) is 10.7. The third kappa shape index (κ3) is 2.77. The first-order valence-corrected chi connectivity index (χ1v) is 7.84. The zero-order valence-electron chi connectivity index (χ0n) is 12.2. The van der Waals surface area contributed by atoms with E-state index < -0.39 is 0 Å². The Morgan fingerprint density at radius 1 is 1.18 bits per heavy atom. The van der Waals surface area contributed by atoms with Crippen LogP contribution in [0.5, 0.6) is 0 Å². The molecule has 0 unspecified atom stereocenters. The van der Waals surface area contributed by atoms with Gasteiger partial charge in [0.1, 0.15) is 0 Å². The summed E-state index contributed by atoms with van der Waals surface area (Å²) >= 11 is 5.96. The van der Waals surface area contributed by atoms with Gasteiger partial charge in [-0.2, -0.15) is 10.4 Å². The first-order valence-electron chi connectivity index (χ1n) is 7.46. The maximum Gasteiger partial charge on any atom is 0.270 e. The molecule has 3 rings (SSSR count). The number of halogens is 1. The third-order valence-corrected chi connectivity index (χ3v) is 4.27. The van der Waals surface area contributed by atoms with Gasteiger partial charge in [0.25, 0.3) is 5.56 Å². The Morgan fingerprint density at radius 2 is 1.86 bits per heavy atom. The molecule has 112 valence electrons. The van der Waals surface area contributed by atoms with Gasteiger partial charge < -0.3 is 0 Å². The Labute approximate surface area is 134 Å². The first kappa shape index (κ1) is 14.8. The van der Waals surface area contributed by atoms with Gasteiger partial charge in [-0.25, -0.2) is 4.68 Å². The number of aromatic nitrogens is 2. The Morgan fingerprint density at radius 3 is 2.55 bits per heavy atom. The van der Waals surface area contributed by atoms with E-state index in [0.717, 1.165) is 48.1 Å². The summed E-state index contributed by atoms with van der Waals surface area (Å²) in [6.07, 6.45) is 4.08. The van der Waals surface area contributed by atoms with E-state index in [9.17, 15) is 4.79 Å². The van der Waals surface area contributed by atoms with Crippen molar-refractivity contribution in [2.24, 2.45) is 0 Å². The molecule has 0 aliphatic heterocycles. The number of benzene rings is 1. The molecular weight excluding hydrogens is 298 g/mol. The average Bonchev–Trinajstić information content (AvgIpc) is 2.55. The third-order valence-electron chi connectivity index (χ3n) is 4.02. The fourth-order valence-corrected chi connectivity index (χ4v) is 3.06. The number of nitrogens with zero attached hydrogens (tertiary/aromatic N) is 3. The fraction of sp³-hybridized carbons (Fsp3) is 0.353. The summed E-state index contributed by atoms with van der Waals surface area (Å²) in [5, 5.41) is 14.0. The zero-order valence-corrected chi connectivity index (χ0v) is 12.9. The molecule has 0 N–H and O–H groups in total. The molecule has 0 bridgehead atoms. The predicted octanol–water partition coefficient (Wildman–Crippen LogP) is 3.36. The monoisotopic (exact) mass is 313 g/mol. The molecule has 1 aromatic heterocycles. The summed E-state index contributed by atoms with van der Waals surface area (Å²) in [4.78, 5) is 12.5. The highest BCUT2D eigenvalue weighted by atomic mass is 35.5. The van der Waals surface area contributed by atoms with E-state index in [0.29, 0.717) is 11.6 Å². The van der Waals surface area contributed by atoms with E-state index in [1.54, 1.807) is 0 Å². The smallest absolute Gasteiger partial charge is 0.267 e. The Balaban J connectivity index is 2.17. The van der Waals surface area contributed by atoms with Crippen molar-refractivity contribution >= 4 is 11.6 Å². The number of hydrogen-bond acceptors (Lipinski definition) is 3. The van der Waals surface area contributed by atoms with Crippen LogP contribution in [0.4, 0.5) is 0 Å². The molecule has 0 amide bonds. The second-order valence-corrected chi connectivity index (χ2v) is 5.89. The molecule has 2 aromatic rings. The molecule has 0 fully saturated rings. The highest BCUT2D eigenvalue weighted by Crippen LogP contribution is 2.28. The van der Waals surface area contributed by atoms with E-state index in [1.165, 1.54) is 4.68 Å². The van der Waals surface area contributed by atoms with E-state index in [2.05, 4.69) is 11.2 Å². The van der Waals surface area contributed by atoms with Gasteiger partial charge in [-0.1, -0.05) is 23.7 Å². The van der Waals surface area contributed by atoms with Gasteiger partial charge in [0.05, 0.1) is 24.7 Å². The predicted molar refractivity (Wildman–Crippen MR) is 85.8 cm³/mol. The van der Waals surface area contributed by atoms with Gasteiger partial charge in [0, 0.05) is 16.1 Å². The summed E-state index contributed by atoms with van der Waals surface area (Å²) in [5.41, 5.74) is 3.70. The minimum absolute atomic E-state index is 0.0392. The van der Waals surface area contributed by atoms with Gasteiger partial charge in [0.15, 0.2) is 0 Å². The van der Waals surface area contributed by atoms with Crippen molar-refractivity contribution in [3.05, 3.63) is 50.8 Å². The lowest BCUT2D eigenvalue weighted by Gasteiger charge is -2.20. The Hall–Kier alpha value is -2.12. The number of rotatable bonds is 3. The lowest BCUT2D eigenvalue weighted by atomic mass is 9.90. The highest BCUT2D eigenvalue weighted by molar-refractivity contribution is 6.30. The normalized spacial score (nSPS) is 13.5. The lowest BCUT2D eigenvalue weighted by Crippen LogP contribution is -2.30. The Bertz CT molecular complexity index is 787. The number of hydrogen-bond donors (Lipinski definition) is 0. The van der Waals surface area contributed by atoms with Crippen molar-refractivity contribution in [2.75, 3.05) is 0 Å². The second-order valence-electron chi connectivity index (χ2n) is 5.46. The van der Waals surface area contributed by atoms with Crippen LogP contribution in [0.15, 0.2) is 29.1 Å². The maximum absolute atomic E-state index is 12.5. The van der Waals surface area contributed by atoms with Crippen LogP contribution in [-0.2, 0) is 19.4 Å². The lowest BCUT2D eigenvalue weighted by molar-refractivity contribution is 0.563. The molecule has 0 radical (unpaired) electrons. The zero-order chi connectivity index (χ0) is 15.5. The number of nitriles is 1. The summed E-state index contributed by atoms with van der Waals surface area (Å²) in [6.45, 7) is 0.337. The van der Waals surface area contributed by atoms with Gasteiger partial charge >= 0.3 is 0 Å². The van der Waals surface area contributed by atoms with Crippen molar-refractivity contribution in [2.45, 2.75) is 38.6 Å². The fourth-order valence-electron chi connectivity index (χ4n) is 2.93. The quantitative estimate of drug-likeness (QED) is 0.873. The van der Waals surface area contributed by atoms with Gasteiger partial charge in [-0.15, -0.1) is 0 Å². The van der Waals surface area contributed by atoms with Crippen LogP contribution in [-0.4, -0.2) is 9.78 Å². The van der Waals surface area contributed by atoms with Crippen LogP contribution in [0.3, 0.4) is 0 Å². The average molecular weight is 314 g/mol. The van der Waals surface area contributed by atoms with Crippen LogP contribution in [0.2, 0.25) is 5.02 Å². The molecule has 22 heavy (non-hydrogen) atoms. The molecule has 0 saturated heterocycles. The van der Waals surface area contributed by atoms with Gasteiger partial charge in [0.2, 0.25) is 0 Å². The second kappa shape index (κ2) is 6.33. The molecule has 1 aliphatic carbocycles. The van der Waals surface area contributed by atoms with Gasteiger partial charge in [-0.05, 0) is 43.4 Å². The molecule has 1 aromatic carbocycles. The molecule has 1 heterocycles. The standard InChI is InChI=1S/C17H16ClN3O/c18-13-8-6-12(7-9-13)16-14-4-1-2-5-15(14)17(22)21(20-16)11-3-10-19/h6-9H,1-5,11H2. The van der Waals surface area contributed by atoms with Crippen LogP contribution < -0.4 is 5.56 Å². The van der Waals surface area contributed by atoms with Crippen molar-refractivity contribution in [3.8, 4) is 17.3 Å². The van der Waals surface area contributed by atoms with Crippen LogP contribution >= 0.6 is 11.6 Å². The molecule has 0 spiro atoms. The van der Waals surface area contributed by atoms with Crippen molar-refractivity contribution in [1.29, 1.82) is 5.26 Å². The van der Waals surface area contributed by atoms with Crippen LogP contribution in [0.25, 0.3) is 11.3 Å². The molecule has 1 aliphatic rings. The van der Waals surface area contributed by atoms with Crippen molar-refractivity contribution in [3.63, 3.8) is 0 Å². The summed E-state index contributed by atoms with van der Waals surface area (Å²) in [6, 6.07) is 9.60. The minimum Gasteiger partial charge on any atom is -0.267 e. The molecule has 5 heteroatoms. The van der Waals surface area contributed by atoms with E-state index >= 15 is 0 Å². The number of aryl methyl sites for hydroxylation is 1. The Kier molecular flexibility index (Phi) is 4.26. The van der Waals surface area contributed by atoms with Gasteiger partial charge in [-0.3, -0.25) is 4.79 Å². The number of fused-ring (bicyclic) bond motifs is 1. The largest absolute Gasteiger partial charge is 0.270 e. The van der Waals surface area contributed by atoms with E-state index in [1.807, 2.05) is 24.3 Å². The topological polar surface area (TPSA) is 58.7 Å². The minimum atomic E-state index is -0.0392. The molecular formula is C17H16ClN3O. The molecule has 0 saturated carbocycles. The van der Waals surface area contributed by atoms with Crippen molar-refractivity contribution in [1.82, 2.24) is 9.78 Å². The van der Waals surface area contributed by atoms with Crippen LogP contribution in [0, 0.1) is 11.3 Å². The van der Waals surface area contributed by atoms with Crippen LogP contribution in [0.1, 0.15) is 30.4 Å². The van der Waals surface area contributed by atoms with E-state index in [-0.39, 0.29) is 12.0 Å². The van der Waals surface area contributed by atoms with E-state index in [4.69, 9.17) is 16.9 Å². The summed E-state index contributed by atoms with van der Waals surface area (Å²) in [7, 11) is 0. The maximum atomic E-state index is 12.5.